The van der Waals surface area contributed by atoms with Crippen LogP contribution in [0.15, 0.2) is 73.2 Å². The van der Waals surface area contributed by atoms with E-state index >= 15 is 0 Å². The number of rotatable bonds is 6. The van der Waals surface area contributed by atoms with Gasteiger partial charge >= 0.3 is 11.9 Å². The van der Waals surface area contributed by atoms with Crippen LogP contribution in [0.2, 0.25) is 0 Å². The van der Waals surface area contributed by atoms with E-state index in [-0.39, 0.29) is 12.3 Å². The second-order valence-electron chi connectivity index (χ2n) is 7.04. The summed E-state index contributed by atoms with van der Waals surface area (Å²) in [6, 6.07) is 16.1. The molecule has 2 heterocycles. The van der Waals surface area contributed by atoms with Gasteiger partial charge in [-0.05, 0) is 41.0 Å². The van der Waals surface area contributed by atoms with Crippen LogP contribution in [-0.2, 0) is 26.7 Å². The summed E-state index contributed by atoms with van der Waals surface area (Å²) in [5.41, 5.74) is 3.32. The molecule has 0 saturated carbocycles. The van der Waals surface area contributed by atoms with Crippen molar-refractivity contribution < 1.29 is 23.1 Å². The molecule has 0 aliphatic rings. The molecule has 4 aromatic rings. The molecular weight excluding hydrogens is 418 g/mol. The number of pyridine rings is 1. The molecule has 0 saturated heterocycles. The first-order valence-corrected chi connectivity index (χ1v) is 9.62. The number of nitrogens with zero attached hydrogens (tertiary/aromatic N) is 3. The molecule has 2 aromatic carbocycles. The van der Waals surface area contributed by atoms with Gasteiger partial charge < -0.3 is 10.1 Å². The molecule has 0 spiro atoms. The molecule has 4 rings (SSSR count). The molecule has 0 bridgehead atoms. The zero-order valence-electron chi connectivity index (χ0n) is 17.0. The fourth-order valence-electron chi connectivity index (χ4n) is 3.21. The molecule has 9 heteroatoms. The normalized spacial score (nSPS) is 11.3. The molecular formula is C23H18F2N4O3. The fourth-order valence-corrected chi connectivity index (χ4v) is 3.21. The van der Waals surface area contributed by atoms with Crippen LogP contribution >= 0.6 is 0 Å². The summed E-state index contributed by atoms with van der Waals surface area (Å²) in [4.78, 5) is 27.7. The minimum atomic E-state index is -3.75. The first-order valence-electron chi connectivity index (χ1n) is 9.62. The van der Waals surface area contributed by atoms with E-state index in [1.165, 1.54) is 18.5 Å². The summed E-state index contributed by atoms with van der Waals surface area (Å²) in [7, 11) is 0.896. The smallest absolute Gasteiger partial charge is 0.381 e. The summed E-state index contributed by atoms with van der Waals surface area (Å²) in [6.45, 7) is 0. The number of ether oxygens (including phenoxy) is 1. The van der Waals surface area contributed by atoms with Crippen LogP contribution in [0.3, 0.4) is 0 Å². The Bertz CT molecular complexity index is 1270. The SMILES string of the molecule is COC(=O)C(F)(F)c1ccc(NC(=O)Cc2ccc(-c3ccn4ncnc4c3)cc2)cc1. The molecule has 0 aliphatic heterocycles. The number of carbonyl (C=O) groups is 2. The Labute approximate surface area is 181 Å². The van der Waals surface area contributed by atoms with E-state index in [4.69, 9.17) is 0 Å². The van der Waals surface area contributed by atoms with E-state index in [0.29, 0.717) is 5.69 Å². The number of hydrogen-bond acceptors (Lipinski definition) is 5. The van der Waals surface area contributed by atoms with Crippen molar-refractivity contribution in [1.29, 1.82) is 0 Å². The molecule has 32 heavy (non-hydrogen) atoms. The van der Waals surface area contributed by atoms with Crippen molar-refractivity contribution in [2.75, 3.05) is 12.4 Å². The van der Waals surface area contributed by atoms with Crippen molar-refractivity contribution in [2.45, 2.75) is 12.3 Å². The highest BCUT2D eigenvalue weighted by atomic mass is 19.3. The van der Waals surface area contributed by atoms with E-state index in [2.05, 4.69) is 20.1 Å². The number of methoxy groups -OCH3 is 1. The Morgan fingerprint density at radius 2 is 1.75 bits per heavy atom. The van der Waals surface area contributed by atoms with Gasteiger partial charge in [-0.2, -0.15) is 13.9 Å². The Hall–Kier alpha value is -4.14. The number of halogens is 2. The molecule has 0 radical (unpaired) electrons. The third kappa shape index (κ3) is 4.31. The minimum absolute atomic E-state index is 0.115. The van der Waals surface area contributed by atoms with Crippen LogP contribution in [0.4, 0.5) is 14.5 Å². The number of carbonyl (C=O) groups excluding carboxylic acids is 2. The predicted octanol–water partition coefficient (Wildman–Crippen LogP) is 3.84. The first-order chi connectivity index (χ1) is 15.4. The zero-order valence-corrected chi connectivity index (χ0v) is 17.0. The van der Waals surface area contributed by atoms with Gasteiger partial charge in [-0.3, -0.25) is 4.79 Å². The van der Waals surface area contributed by atoms with Gasteiger partial charge in [-0.1, -0.05) is 36.4 Å². The van der Waals surface area contributed by atoms with Crippen molar-refractivity contribution in [3.8, 4) is 11.1 Å². The zero-order chi connectivity index (χ0) is 22.7. The summed E-state index contributed by atoms with van der Waals surface area (Å²) < 4.78 is 33.5. The first kappa shape index (κ1) is 21.1. The molecule has 162 valence electrons. The average molecular weight is 436 g/mol. The van der Waals surface area contributed by atoms with E-state index in [1.54, 1.807) is 4.52 Å². The molecule has 0 aliphatic carbocycles. The minimum Gasteiger partial charge on any atom is -0.464 e. The number of nitrogens with one attached hydrogen (secondary N) is 1. The Morgan fingerprint density at radius 3 is 2.44 bits per heavy atom. The van der Waals surface area contributed by atoms with Crippen LogP contribution in [-0.4, -0.2) is 33.6 Å². The van der Waals surface area contributed by atoms with Gasteiger partial charge in [0.05, 0.1) is 13.5 Å². The maximum atomic E-state index is 13.9. The Kier molecular flexibility index (Phi) is 5.63. The number of fused-ring (bicyclic) bond motifs is 1. The van der Waals surface area contributed by atoms with Crippen LogP contribution in [0.1, 0.15) is 11.1 Å². The second kappa shape index (κ2) is 8.54. The second-order valence-corrected chi connectivity index (χ2v) is 7.04. The lowest BCUT2D eigenvalue weighted by molar-refractivity contribution is -0.170. The summed E-state index contributed by atoms with van der Waals surface area (Å²) >= 11 is 0. The highest BCUT2D eigenvalue weighted by Gasteiger charge is 2.42. The number of anilines is 1. The van der Waals surface area contributed by atoms with E-state index in [9.17, 15) is 18.4 Å². The molecule has 1 N–H and O–H groups in total. The highest BCUT2D eigenvalue weighted by Crippen LogP contribution is 2.30. The highest BCUT2D eigenvalue weighted by molar-refractivity contribution is 5.92. The molecule has 0 atom stereocenters. The lowest BCUT2D eigenvalue weighted by Gasteiger charge is -2.14. The van der Waals surface area contributed by atoms with Crippen molar-refractivity contribution in [1.82, 2.24) is 14.6 Å². The van der Waals surface area contributed by atoms with Crippen LogP contribution < -0.4 is 5.32 Å². The van der Waals surface area contributed by atoms with Crippen LogP contribution in [0.25, 0.3) is 16.8 Å². The third-order valence-electron chi connectivity index (χ3n) is 4.91. The maximum Gasteiger partial charge on any atom is 0.381 e. The van der Waals surface area contributed by atoms with Gasteiger partial charge in [-0.25, -0.2) is 14.3 Å². The number of alkyl halides is 2. The predicted molar refractivity (Wildman–Crippen MR) is 113 cm³/mol. The summed E-state index contributed by atoms with van der Waals surface area (Å²) in [5, 5.41) is 6.72. The van der Waals surface area contributed by atoms with Crippen LogP contribution in [0, 0.1) is 0 Å². The van der Waals surface area contributed by atoms with E-state index < -0.39 is 17.5 Å². The molecule has 1 amide bonds. The molecule has 0 fully saturated rings. The lowest BCUT2D eigenvalue weighted by atomic mass is 10.0. The monoisotopic (exact) mass is 436 g/mol. The number of benzene rings is 2. The van der Waals surface area contributed by atoms with Crippen molar-refractivity contribution in [2.24, 2.45) is 0 Å². The van der Waals surface area contributed by atoms with Gasteiger partial charge in [0.25, 0.3) is 0 Å². The van der Waals surface area contributed by atoms with Gasteiger partial charge in [-0.15, -0.1) is 0 Å². The third-order valence-corrected chi connectivity index (χ3v) is 4.91. The van der Waals surface area contributed by atoms with Crippen molar-refractivity contribution in [3.05, 3.63) is 84.3 Å². The molecule has 2 aromatic heterocycles. The standard InChI is InChI=1S/C23H18F2N4O3/c1-32-22(31)23(24,25)18-6-8-19(9-7-18)28-21(30)12-15-2-4-16(5-3-15)17-10-11-29-20(13-17)26-14-27-29/h2-11,13-14H,12H2,1H3,(H,28,30). The quantitative estimate of drug-likeness (QED) is 0.464. The Balaban J connectivity index is 1.39. The van der Waals surface area contributed by atoms with Crippen molar-refractivity contribution in [3.63, 3.8) is 0 Å². The number of aromatic nitrogens is 3. The number of amides is 1. The summed E-state index contributed by atoms with van der Waals surface area (Å²) in [5.74, 6) is -5.69. The van der Waals surface area contributed by atoms with Crippen LogP contribution in [0.5, 0.6) is 0 Å². The van der Waals surface area contributed by atoms with Gasteiger partial charge in [0, 0.05) is 17.4 Å². The topological polar surface area (TPSA) is 85.6 Å². The lowest BCUT2D eigenvalue weighted by Crippen LogP contribution is -2.27. The van der Waals surface area contributed by atoms with Crippen molar-refractivity contribution >= 4 is 23.2 Å². The molecule has 7 nitrogen and oxygen atoms in total. The average Bonchev–Trinajstić information content (AvgIpc) is 3.27. The van der Waals surface area contributed by atoms with Gasteiger partial charge in [0.15, 0.2) is 5.65 Å². The van der Waals surface area contributed by atoms with E-state index in [1.807, 2.05) is 42.6 Å². The Morgan fingerprint density at radius 1 is 1.03 bits per heavy atom. The van der Waals surface area contributed by atoms with Gasteiger partial charge in [0.2, 0.25) is 5.91 Å². The fraction of sp³-hybridized carbons (Fsp3) is 0.130. The molecule has 0 unspecified atom stereocenters. The number of hydrogen-bond donors (Lipinski definition) is 1. The largest absolute Gasteiger partial charge is 0.464 e. The maximum absolute atomic E-state index is 13.9. The van der Waals surface area contributed by atoms with E-state index in [0.717, 1.165) is 41.6 Å². The number of esters is 1. The summed E-state index contributed by atoms with van der Waals surface area (Å²) in [6.07, 6.45) is 3.42. The van der Waals surface area contributed by atoms with Gasteiger partial charge in [0.1, 0.15) is 6.33 Å².